The number of hydrogen-bond acceptors (Lipinski definition) is 3. The molecule has 6 nitrogen and oxygen atoms in total. The zero-order valence-electron chi connectivity index (χ0n) is 13.7. The molecule has 0 radical (unpaired) electrons. The fourth-order valence-corrected chi connectivity index (χ4v) is 2.64. The molecular weight excluding hydrogens is 290 g/mol. The molecule has 0 saturated heterocycles. The summed E-state index contributed by atoms with van der Waals surface area (Å²) in [5.41, 5.74) is 4.52. The smallest absolute Gasteiger partial charge is 0.271 e. The van der Waals surface area contributed by atoms with Crippen molar-refractivity contribution in [3.63, 3.8) is 0 Å². The highest BCUT2D eigenvalue weighted by Gasteiger charge is 2.10. The summed E-state index contributed by atoms with van der Waals surface area (Å²) in [6.07, 6.45) is 4.56. The van der Waals surface area contributed by atoms with E-state index in [1.54, 1.807) is 6.20 Å². The van der Waals surface area contributed by atoms with Gasteiger partial charge in [-0.25, -0.2) is 4.98 Å². The highest BCUT2D eigenvalue weighted by molar-refractivity contribution is 5.92. The lowest BCUT2D eigenvalue weighted by molar-refractivity contribution is 0.0948. The third-order valence-corrected chi connectivity index (χ3v) is 3.77. The van der Waals surface area contributed by atoms with Crippen LogP contribution in [0.3, 0.4) is 0 Å². The number of fused-ring (bicyclic) bond motifs is 1. The highest BCUT2D eigenvalue weighted by Crippen LogP contribution is 2.07. The molecule has 3 heterocycles. The number of pyridine rings is 1. The number of amides is 1. The van der Waals surface area contributed by atoms with Crippen LogP contribution in [-0.2, 0) is 6.54 Å². The summed E-state index contributed by atoms with van der Waals surface area (Å²) in [7, 11) is 0. The van der Waals surface area contributed by atoms with Crippen LogP contribution in [0.1, 0.15) is 33.9 Å². The SMILES string of the molecule is Cc1ccc2nc(C(=O)NCCCn3nc(C)cc3C)cn2c1. The number of imidazole rings is 1. The van der Waals surface area contributed by atoms with Crippen LogP contribution in [0.15, 0.2) is 30.6 Å². The van der Waals surface area contributed by atoms with E-state index < -0.39 is 0 Å². The first-order chi connectivity index (χ1) is 11.0. The van der Waals surface area contributed by atoms with Crippen LogP contribution in [0.2, 0.25) is 0 Å². The number of aromatic nitrogens is 4. The Bertz CT molecular complexity index is 846. The third kappa shape index (κ3) is 3.41. The molecule has 3 rings (SSSR count). The summed E-state index contributed by atoms with van der Waals surface area (Å²) in [5.74, 6) is -0.139. The fraction of sp³-hybridized carbons (Fsp3) is 0.353. The molecule has 0 aromatic carbocycles. The second-order valence-corrected chi connectivity index (χ2v) is 5.86. The second-order valence-electron chi connectivity index (χ2n) is 5.86. The minimum Gasteiger partial charge on any atom is -0.351 e. The van der Waals surface area contributed by atoms with Gasteiger partial charge in [-0.05, 0) is 44.9 Å². The van der Waals surface area contributed by atoms with Crippen molar-refractivity contribution < 1.29 is 4.79 Å². The van der Waals surface area contributed by atoms with E-state index in [0.717, 1.165) is 35.6 Å². The van der Waals surface area contributed by atoms with Crippen LogP contribution in [0.4, 0.5) is 0 Å². The summed E-state index contributed by atoms with van der Waals surface area (Å²) in [6, 6.07) is 5.95. The van der Waals surface area contributed by atoms with Gasteiger partial charge in [0.25, 0.3) is 5.91 Å². The van der Waals surface area contributed by atoms with Gasteiger partial charge in [-0.15, -0.1) is 0 Å². The van der Waals surface area contributed by atoms with Crippen LogP contribution in [0, 0.1) is 20.8 Å². The molecule has 0 saturated carbocycles. The molecular formula is C17H21N5O. The maximum absolute atomic E-state index is 12.2. The number of aryl methyl sites for hydroxylation is 4. The van der Waals surface area contributed by atoms with E-state index in [-0.39, 0.29) is 5.91 Å². The van der Waals surface area contributed by atoms with Gasteiger partial charge in [0, 0.05) is 31.2 Å². The van der Waals surface area contributed by atoms with Gasteiger partial charge in [0.05, 0.1) is 5.69 Å². The standard InChI is InChI=1S/C17H21N5O/c1-12-5-6-16-19-15(11-21(16)10-12)17(23)18-7-4-8-22-14(3)9-13(2)20-22/h5-6,9-11H,4,7-8H2,1-3H3,(H,18,23). The molecule has 0 aliphatic heterocycles. The average Bonchev–Trinajstić information content (AvgIpc) is 3.06. The third-order valence-electron chi connectivity index (χ3n) is 3.77. The number of nitrogens with zero attached hydrogens (tertiary/aromatic N) is 4. The summed E-state index contributed by atoms with van der Waals surface area (Å²) in [5, 5.41) is 7.33. The Kier molecular flexibility index (Phi) is 4.14. The van der Waals surface area contributed by atoms with Crippen LogP contribution < -0.4 is 5.32 Å². The van der Waals surface area contributed by atoms with Crippen molar-refractivity contribution in [1.82, 2.24) is 24.5 Å². The lowest BCUT2D eigenvalue weighted by Crippen LogP contribution is -2.25. The Balaban J connectivity index is 1.55. The summed E-state index contributed by atoms with van der Waals surface area (Å²) < 4.78 is 3.84. The molecule has 6 heteroatoms. The van der Waals surface area contributed by atoms with Gasteiger partial charge in [0.1, 0.15) is 11.3 Å². The lowest BCUT2D eigenvalue weighted by Gasteiger charge is -2.05. The summed E-state index contributed by atoms with van der Waals surface area (Å²) in [6.45, 7) is 7.43. The van der Waals surface area contributed by atoms with Crippen LogP contribution in [-0.4, -0.2) is 31.6 Å². The van der Waals surface area contributed by atoms with E-state index in [4.69, 9.17) is 0 Å². The van der Waals surface area contributed by atoms with Crippen molar-refractivity contribution in [3.8, 4) is 0 Å². The van der Waals surface area contributed by atoms with Crippen LogP contribution >= 0.6 is 0 Å². The molecule has 0 bridgehead atoms. The van der Waals surface area contributed by atoms with Crippen LogP contribution in [0.5, 0.6) is 0 Å². The molecule has 1 N–H and O–H groups in total. The zero-order chi connectivity index (χ0) is 16.4. The molecule has 3 aromatic rings. The van der Waals surface area contributed by atoms with E-state index >= 15 is 0 Å². The van der Waals surface area contributed by atoms with Crippen molar-refractivity contribution in [2.24, 2.45) is 0 Å². The van der Waals surface area contributed by atoms with Crippen molar-refractivity contribution in [2.75, 3.05) is 6.54 Å². The van der Waals surface area contributed by atoms with Gasteiger partial charge in [0.2, 0.25) is 0 Å². The second kappa shape index (κ2) is 6.24. The first kappa shape index (κ1) is 15.3. The minimum atomic E-state index is -0.139. The summed E-state index contributed by atoms with van der Waals surface area (Å²) in [4.78, 5) is 16.5. The monoisotopic (exact) mass is 311 g/mol. The highest BCUT2D eigenvalue weighted by atomic mass is 16.1. The molecule has 1 amide bonds. The number of rotatable bonds is 5. The van der Waals surface area contributed by atoms with E-state index in [9.17, 15) is 4.79 Å². The van der Waals surface area contributed by atoms with E-state index in [1.807, 2.05) is 48.2 Å². The predicted molar refractivity (Wildman–Crippen MR) is 88.6 cm³/mol. The van der Waals surface area contributed by atoms with Crippen molar-refractivity contribution >= 4 is 11.6 Å². The van der Waals surface area contributed by atoms with E-state index in [0.29, 0.717) is 12.2 Å². The predicted octanol–water partition coefficient (Wildman–Crippen LogP) is 2.28. The number of nitrogens with one attached hydrogen (secondary N) is 1. The zero-order valence-corrected chi connectivity index (χ0v) is 13.7. The van der Waals surface area contributed by atoms with Crippen molar-refractivity contribution in [1.29, 1.82) is 0 Å². The first-order valence-corrected chi connectivity index (χ1v) is 7.77. The van der Waals surface area contributed by atoms with Gasteiger partial charge >= 0.3 is 0 Å². The fourth-order valence-electron chi connectivity index (χ4n) is 2.64. The Morgan fingerprint density at radius 2 is 2.04 bits per heavy atom. The molecule has 23 heavy (non-hydrogen) atoms. The van der Waals surface area contributed by atoms with E-state index in [2.05, 4.69) is 21.5 Å². The number of carbonyl (C=O) groups excluding carboxylic acids is 1. The largest absolute Gasteiger partial charge is 0.351 e. The minimum absolute atomic E-state index is 0.139. The quantitative estimate of drug-likeness (QED) is 0.735. The molecule has 0 unspecified atom stereocenters. The van der Waals surface area contributed by atoms with E-state index in [1.165, 1.54) is 0 Å². The molecule has 120 valence electrons. The topological polar surface area (TPSA) is 64.2 Å². The Morgan fingerprint density at radius 1 is 1.22 bits per heavy atom. The Morgan fingerprint density at radius 3 is 2.78 bits per heavy atom. The van der Waals surface area contributed by atoms with Crippen LogP contribution in [0.25, 0.3) is 5.65 Å². The maximum Gasteiger partial charge on any atom is 0.271 e. The first-order valence-electron chi connectivity index (χ1n) is 7.77. The van der Waals surface area contributed by atoms with Gasteiger partial charge in [-0.3, -0.25) is 9.48 Å². The molecule has 0 spiro atoms. The summed E-state index contributed by atoms with van der Waals surface area (Å²) >= 11 is 0. The molecule has 0 fully saturated rings. The number of carbonyl (C=O) groups is 1. The van der Waals surface area contributed by atoms with Gasteiger partial charge in [-0.1, -0.05) is 6.07 Å². The maximum atomic E-state index is 12.2. The van der Waals surface area contributed by atoms with Gasteiger partial charge < -0.3 is 9.72 Å². The molecule has 3 aromatic heterocycles. The van der Waals surface area contributed by atoms with Crippen molar-refractivity contribution in [3.05, 3.63) is 53.2 Å². The average molecular weight is 311 g/mol. The number of hydrogen-bond donors (Lipinski definition) is 1. The van der Waals surface area contributed by atoms with Crippen molar-refractivity contribution in [2.45, 2.75) is 33.7 Å². The van der Waals surface area contributed by atoms with Gasteiger partial charge in [0.15, 0.2) is 0 Å². The Hall–Kier alpha value is -2.63. The van der Waals surface area contributed by atoms with Gasteiger partial charge in [-0.2, -0.15) is 5.10 Å². The molecule has 0 aliphatic rings. The molecule has 0 atom stereocenters. The molecule has 0 aliphatic carbocycles. The Labute approximate surface area is 135 Å². The lowest BCUT2D eigenvalue weighted by atomic mass is 10.3. The normalized spacial score (nSPS) is 11.1.